The quantitative estimate of drug-likeness (QED) is 0.915. The molecule has 1 aromatic carbocycles. The van der Waals surface area contributed by atoms with Crippen LogP contribution in [0.1, 0.15) is 31.2 Å². The van der Waals surface area contributed by atoms with E-state index in [4.69, 9.17) is 0 Å². The number of hydrogen-bond donors (Lipinski definition) is 1. The van der Waals surface area contributed by atoms with E-state index in [9.17, 15) is 18.4 Å². The van der Waals surface area contributed by atoms with Gasteiger partial charge in [-0.05, 0) is 31.2 Å². The predicted molar refractivity (Wildman–Crippen MR) is 69.6 cm³/mol. The molecule has 0 radical (unpaired) electrons. The molecule has 2 rings (SSSR count). The molecule has 0 spiro atoms. The molecule has 1 saturated carbocycles. The van der Waals surface area contributed by atoms with Gasteiger partial charge in [0.2, 0.25) is 0 Å². The Bertz CT molecular complexity index is 468. The highest BCUT2D eigenvalue weighted by molar-refractivity contribution is 5.17. The summed E-state index contributed by atoms with van der Waals surface area (Å²) in [5, 5.41) is 12.5. The fraction of sp³-hybridized carbons (Fsp3) is 0.533. The van der Waals surface area contributed by atoms with Crippen molar-refractivity contribution in [3.8, 4) is 6.07 Å². The van der Waals surface area contributed by atoms with Gasteiger partial charge in [-0.3, -0.25) is 5.32 Å². The zero-order valence-electron chi connectivity index (χ0n) is 11.1. The molecule has 0 unspecified atom stereocenters. The van der Waals surface area contributed by atoms with Gasteiger partial charge >= 0.3 is 6.18 Å². The summed E-state index contributed by atoms with van der Waals surface area (Å²) >= 11 is 0. The maximum atomic E-state index is 12.6. The van der Waals surface area contributed by atoms with Crippen molar-refractivity contribution in [1.82, 2.24) is 5.32 Å². The maximum absolute atomic E-state index is 12.6. The zero-order valence-corrected chi connectivity index (χ0v) is 11.1. The summed E-state index contributed by atoms with van der Waals surface area (Å²) in [5.41, 5.74) is 0.206. The average Bonchev–Trinajstić information content (AvgIpc) is 2.46. The highest BCUT2D eigenvalue weighted by atomic mass is 19.4. The molecular weight excluding hydrogens is 265 g/mol. The molecule has 1 N–H and O–H groups in total. The Morgan fingerprint density at radius 1 is 1.20 bits per heavy atom. The van der Waals surface area contributed by atoms with Crippen LogP contribution in [0.4, 0.5) is 13.2 Å². The molecular formula is C15H17F3N2. The topological polar surface area (TPSA) is 35.8 Å². The summed E-state index contributed by atoms with van der Waals surface area (Å²) in [7, 11) is 0. The van der Waals surface area contributed by atoms with Gasteiger partial charge < -0.3 is 0 Å². The smallest absolute Gasteiger partial charge is 0.295 e. The Labute approximate surface area is 116 Å². The summed E-state index contributed by atoms with van der Waals surface area (Å²) in [6.07, 6.45) is -3.58. The molecule has 0 aliphatic heterocycles. The second-order valence-electron chi connectivity index (χ2n) is 5.35. The van der Waals surface area contributed by atoms with Crippen molar-refractivity contribution in [1.29, 1.82) is 5.26 Å². The van der Waals surface area contributed by atoms with E-state index >= 15 is 0 Å². The van der Waals surface area contributed by atoms with Crippen molar-refractivity contribution in [2.24, 2.45) is 5.92 Å². The molecule has 5 heteroatoms. The van der Waals surface area contributed by atoms with E-state index in [0.717, 1.165) is 5.56 Å². The molecule has 0 atom stereocenters. The minimum Gasteiger partial charge on any atom is -0.295 e. The summed E-state index contributed by atoms with van der Waals surface area (Å²) in [4.78, 5) is 0. The number of nitrogens with zero attached hydrogens (tertiary/aromatic N) is 1. The molecule has 108 valence electrons. The van der Waals surface area contributed by atoms with Crippen molar-refractivity contribution in [2.45, 2.75) is 43.9 Å². The van der Waals surface area contributed by atoms with Crippen molar-refractivity contribution in [2.75, 3.05) is 0 Å². The Morgan fingerprint density at radius 3 is 2.30 bits per heavy atom. The molecule has 1 fully saturated rings. The number of halogens is 3. The normalized spacial score (nSPS) is 27.0. The minimum atomic E-state index is -4.14. The van der Waals surface area contributed by atoms with Gasteiger partial charge in [0.05, 0.1) is 12.0 Å². The van der Waals surface area contributed by atoms with Crippen LogP contribution in [-0.4, -0.2) is 11.7 Å². The molecule has 0 amide bonds. The Morgan fingerprint density at radius 2 is 1.80 bits per heavy atom. The van der Waals surface area contributed by atoms with E-state index in [2.05, 4.69) is 11.4 Å². The lowest BCUT2D eigenvalue weighted by atomic mass is 9.77. The second-order valence-corrected chi connectivity index (χ2v) is 5.35. The van der Waals surface area contributed by atoms with Crippen LogP contribution < -0.4 is 5.32 Å². The van der Waals surface area contributed by atoms with Crippen LogP contribution in [0.2, 0.25) is 0 Å². The third-order valence-electron chi connectivity index (χ3n) is 3.99. The highest BCUT2D eigenvalue weighted by Crippen LogP contribution is 2.40. The summed E-state index contributed by atoms with van der Waals surface area (Å²) in [6, 6.07) is 11.7. The Kier molecular flexibility index (Phi) is 4.34. The lowest BCUT2D eigenvalue weighted by Gasteiger charge is -2.36. The van der Waals surface area contributed by atoms with Crippen molar-refractivity contribution in [3.05, 3.63) is 35.9 Å². The molecule has 20 heavy (non-hydrogen) atoms. The van der Waals surface area contributed by atoms with Gasteiger partial charge in [0.25, 0.3) is 0 Å². The molecule has 1 aromatic rings. The van der Waals surface area contributed by atoms with Crippen LogP contribution in [0, 0.1) is 17.2 Å². The second kappa shape index (κ2) is 5.84. The van der Waals surface area contributed by atoms with Crippen LogP contribution >= 0.6 is 0 Å². The van der Waals surface area contributed by atoms with Crippen LogP contribution in [0.15, 0.2) is 30.3 Å². The largest absolute Gasteiger partial charge is 0.391 e. The van der Waals surface area contributed by atoms with Crippen molar-refractivity contribution >= 4 is 0 Å². The first-order valence-corrected chi connectivity index (χ1v) is 6.72. The lowest BCUT2D eigenvalue weighted by molar-refractivity contribution is -0.184. The van der Waals surface area contributed by atoms with Gasteiger partial charge in [0.15, 0.2) is 0 Å². The van der Waals surface area contributed by atoms with Gasteiger partial charge in [0, 0.05) is 6.54 Å². The predicted octanol–water partition coefficient (Wildman–Crippen LogP) is 3.79. The first-order valence-electron chi connectivity index (χ1n) is 6.72. The molecule has 2 nitrogen and oxygen atoms in total. The van der Waals surface area contributed by atoms with E-state index in [0.29, 0.717) is 6.54 Å². The molecule has 1 aliphatic rings. The fourth-order valence-electron chi connectivity index (χ4n) is 2.63. The Balaban J connectivity index is 1.94. The van der Waals surface area contributed by atoms with E-state index in [1.807, 2.05) is 30.3 Å². The van der Waals surface area contributed by atoms with E-state index in [-0.39, 0.29) is 25.7 Å². The number of nitriles is 1. The first-order chi connectivity index (χ1) is 9.45. The monoisotopic (exact) mass is 282 g/mol. The molecule has 0 saturated heterocycles. The fourth-order valence-corrected chi connectivity index (χ4v) is 2.63. The van der Waals surface area contributed by atoms with Gasteiger partial charge in [-0.25, -0.2) is 0 Å². The van der Waals surface area contributed by atoms with E-state index in [1.54, 1.807) is 0 Å². The zero-order chi connectivity index (χ0) is 14.6. The summed E-state index contributed by atoms with van der Waals surface area (Å²) in [6.45, 7) is 0.505. The minimum absolute atomic E-state index is 0.0266. The summed E-state index contributed by atoms with van der Waals surface area (Å²) < 4.78 is 37.9. The highest BCUT2D eigenvalue weighted by Gasteiger charge is 2.45. The lowest BCUT2D eigenvalue weighted by Crippen LogP contribution is -2.47. The van der Waals surface area contributed by atoms with Crippen molar-refractivity contribution in [3.63, 3.8) is 0 Å². The number of alkyl halides is 3. The number of nitrogens with one attached hydrogen (secondary N) is 1. The molecule has 0 aromatic heterocycles. The summed E-state index contributed by atoms with van der Waals surface area (Å²) in [5.74, 6) is -1.26. The molecule has 0 heterocycles. The van der Waals surface area contributed by atoms with Gasteiger partial charge in [-0.15, -0.1) is 0 Å². The van der Waals surface area contributed by atoms with Gasteiger partial charge in [-0.1, -0.05) is 30.3 Å². The van der Waals surface area contributed by atoms with E-state index in [1.165, 1.54) is 0 Å². The number of rotatable bonds is 3. The standard InChI is InChI=1S/C15H17F3N2/c16-15(17,18)13-6-8-14(11-19,9-7-13)20-10-12-4-2-1-3-5-12/h1-5,13,20H,6-10H2. The molecule has 0 bridgehead atoms. The SMILES string of the molecule is N#CC1(NCc2ccccc2)CCC(C(F)(F)F)CC1. The van der Waals surface area contributed by atoms with Crippen LogP contribution in [0.25, 0.3) is 0 Å². The molecule has 1 aliphatic carbocycles. The first kappa shape index (κ1) is 14.9. The number of benzene rings is 1. The van der Waals surface area contributed by atoms with E-state index < -0.39 is 17.6 Å². The van der Waals surface area contributed by atoms with Crippen LogP contribution in [0.3, 0.4) is 0 Å². The van der Waals surface area contributed by atoms with Crippen molar-refractivity contribution < 1.29 is 13.2 Å². The average molecular weight is 282 g/mol. The Hall–Kier alpha value is -1.54. The van der Waals surface area contributed by atoms with Crippen LogP contribution in [0.5, 0.6) is 0 Å². The third-order valence-corrected chi connectivity index (χ3v) is 3.99. The third kappa shape index (κ3) is 3.51. The van der Waals surface area contributed by atoms with Crippen LogP contribution in [-0.2, 0) is 6.54 Å². The van der Waals surface area contributed by atoms with Gasteiger partial charge in [0.1, 0.15) is 5.54 Å². The van der Waals surface area contributed by atoms with Gasteiger partial charge in [-0.2, -0.15) is 18.4 Å². The number of hydrogen-bond acceptors (Lipinski definition) is 2. The maximum Gasteiger partial charge on any atom is 0.391 e.